The minimum absolute atomic E-state index is 0.362. The van der Waals surface area contributed by atoms with Crippen LogP contribution in [0.2, 0.25) is 0 Å². The third-order valence-corrected chi connectivity index (χ3v) is 4.10. The third kappa shape index (κ3) is 4.28. The predicted octanol–water partition coefficient (Wildman–Crippen LogP) is 2.52. The van der Waals surface area contributed by atoms with Crippen molar-refractivity contribution in [1.82, 2.24) is 4.90 Å². The molecular formula is C11H22BrNO. The van der Waals surface area contributed by atoms with Gasteiger partial charge in [-0.2, -0.15) is 0 Å². The third-order valence-electron chi connectivity index (χ3n) is 2.74. The summed E-state index contributed by atoms with van der Waals surface area (Å²) in [7, 11) is 0. The molecule has 2 unspecified atom stereocenters. The largest absolute Gasteiger partial charge is 0.377 e. The van der Waals surface area contributed by atoms with Crippen LogP contribution in [0.25, 0.3) is 0 Å². The zero-order chi connectivity index (χ0) is 10.6. The summed E-state index contributed by atoms with van der Waals surface area (Å²) in [5.74, 6) is 0.766. The average Bonchev–Trinajstić information content (AvgIpc) is 2.10. The molecule has 0 aromatic rings. The van der Waals surface area contributed by atoms with Gasteiger partial charge in [-0.15, -0.1) is 0 Å². The van der Waals surface area contributed by atoms with Gasteiger partial charge in [-0.25, -0.2) is 0 Å². The summed E-state index contributed by atoms with van der Waals surface area (Å²) in [5.41, 5.74) is 0. The average molecular weight is 264 g/mol. The zero-order valence-corrected chi connectivity index (χ0v) is 11.1. The van der Waals surface area contributed by atoms with Crippen molar-refractivity contribution in [2.24, 2.45) is 5.92 Å². The molecule has 1 heterocycles. The fourth-order valence-electron chi connectivity index (χ4n) is 1.82. The fraction of sp³-hybridized carbons (Fsp3) is 1.00. The van der Waals surface area contributed by atoms with Crippen molar-refractivity contribution in [1.29, 1.82) is 0 Å². The molecule has 0 saturated carbocycles. The summed E-state index contributed by atoms with van der Waals surface area (Å²) < 4.78 is 5.55. The molecule has 3 heteroatoms. The number of hydrogen-bond acceptors (Lipinski definition) is 2. The van der Waals surface area contributed by atoms with Crippen molar-refractivity contribution in [3.8, 4) is 0 Å². The molecule has 14 heavy (non-hydrogen) atoms. The van der Waals surface area contributed by atoms with Crippen molar-refractivity contribution in [3.63, 3.8) is 0 Å². The highest BCUT2D eigenvalue weighted by atomic mass is 79.9. The molecule has 1 rings (SSSR count). The number of likely N-dealkylation sites (tertiary alicyclic amines) is 1. The van der Waals surface area contributed by atoms with Gasteiger partial charge in [0, 0.05) is 17.9 Å². The molecule has 2 atom stereocenters. The summed E-state index contributed by atoms with van der Waals surface area (Å²) >= 11 is 3.71. The molecular weight excluding hydrogens is 242 g/mol. The van der Waals surface area contributed by atoms with Crippen LogP contribution in [0.5, 0.6) is 0 Å². The van der Waals surface area contributed by atoms with E-state index in [0.29, 0.717) is 10.9 Å². The molecule has 2 nitrogen and oxygen atoms in total. The lowest BCUT2D eigenvalue weighted by atomic mass is 10.0. The van der Waals surface area contributed by atoms with Crippen molar-refractivity contribution in [2.45, 2.75) is 38.1 Å². The van der Waals surface area contributed by atoms with Crippen molar-refractivity contribution < 1.29 is 4.74 Å². The predicted molar refractivity (Wildman–Crippen MR) is 64.0 cm³/mol. The van der Waals surface area contributed by atoms with Gasteiger partial charge in [0.1, 0.15) is 0 Å². The van der Waals surface area contributed by atoms with Crippen LogP contribution in [0.1, 0.15) is 27.2 Å². The molecule has 84 valence electrons. The molecule has 0 aliphatic carbocycles. The molecule has 1 aliphatic rings. The second kappa shape index (κ2) is 6.09. The monoisotopic (exact) mass is 263 g/mol. The molecule has 1 fully saturated rings. The maximum absolute atomic E-state index is 5.55. The standard InChI is InChI=1S/C11H22BrNO/c1-9(2)14-7-6-13-5-4-11(12)10(3)8-13/h9-11H,4-8H2,1-3H3. The van der Waals surface area contributed by atoms with Crippen LogP contribution in [0.3, 0.4) is 0 Å². The number of nitrogens with zero attached hydrogens (tertiary/aromatic N) is 1. The second-order valence-corrected chi connectivity index (χ2v) is 5.68. The second-order valence-electron chi connectivity index (χ2n) is 4.50. The van der Waals surface area contributed by atoms with Crippen LogP contribution in [0.15, 0.2) is 0 Å². The number of ether oxygens (including phenoxy) is 1. The lowest BCUT2D eigenvalue weighted by Crippen LogP contribution is -2.41. The molecule has 0 amide bonds. The van der Waals surface area contributed by atoms with E-state index in [-0.39, 0.29) is 0 Å². The first kappa shape index (κ1) is 12.5. The van der Waals surface area contributed by atoms with E-state index < -0.39 is 0 Å². The molecule has 0 spiro atoms. The summed E-state index contributed by atoms with van der Waals surface area (Å²) in [6.45, 7) is 10.9. The Labute approximate surface area is 96.1 Å². The lowest BCUT2D eigenvalue weighted by molar-refractivity contribution is 0.0509. The van der Waals surface area contributed by atoms with E-state index in [9.17, 15) is 0 Å². The minimum atomic E-state index is 0.362. The van der Waals surface area contributed by atoms with Crippen molar-refractivity contribution >= 4 is 15.9 Å². The Morgan fingerprint density at radius 2 is 2.21 bits per heavy atom. The smallest absolute Gasteiger partial charge is 0.0596 e. The van der Waals surface area contributed by atoms with Gasteiger partial charge in [-0.05, 0) is 32.7 Å². The van der Waals surface area contributed by atoms with Crippen molar-refractivity contribution in [2.75, 3.05) is 26.2 Å². The summed E-state index contributed by atoms with van der Waals surface area (Å²) in [4.78, 5) is 3.22. The topological polar surface area (TPSA) is 12.5 Å². The van der Waals surface area contributed by atoms with E-state index >= 15 is 0 Å². The number of piperidine rings is 1. The van der Waals surface area contributed by atoms with Gasteiger partial charge in [0.05, 0.1) is 12.7 Å². The van der Waals surface area contributed by atoms with E-state index in [2.05, 4.69) is 41.6 Å². The van der Waals surface area contributed by atoms with Gasteiger partial charge in [-0.3, -0.25) is 0 Å². The molecule has 1 aliphatic heterocycles. The Morgan fingerprint density at radius 1 is 1.50 bits per heavy atom. The van der Waals surface area contributed by atoms with Crippen LogP contribution >= 0.6 is 15.9 Å². The Morgan fingerprint density at radius 3 is 2.79 bits per heavy atom. The minimum Gasteiger partial charge on any atom is -0.377 e. The van der Waals surface area contributed by atoms with Gasteiger partial charge in [-0.1, -0.05) is 22.9 Å². The Kier molecular flexibility index (Phi) is 5.42. The zero-order valence-electron chi connectivity index (χ0n) is 9.50. The van der Waals surface area contributed by atoms with Crippen LogP contribution in [0, 0.1) is 5.92 Å². The first-order valence-corrected chi connectivity index (χ1v) is 6.49. The molecule has 0 bridgehead atoms. The van der Waals surface area contributed by atoms with Gasteiger partial charge in [0.15, 0.2) is 0 Å². The van der Waals surface area contributed by atoms with Crippen molar-refractivity contribution in [3.05, 3.63) is 0 Å². The summed E-state index contributed by atoms with van der Waals surface area (Å²) in [6.07, 6.45) is 1.63. The SMILES string of the molecule is CC(C)OCCN1CCC(Br)C(C)C1. The van der Waals surface area contributed by atoms with E-state index in [1.807, 2.05) is 0 Å². The normalized spacial score (nSPS) is 29.8. The van der Waals surface area contributed by atoms with Crippen LogP contribution < -0.4 is 0 Å². The maximum Gasteiger partial charge on any atom is 0.0596 e. The highest BCUT2D eigenvalue weighted by Crippen LogP contribution is 2.22. The van der Waals surface area contributed by atoms with Crippen LogP contribution in [0.4, 0.5) is 0 Å². The van der Waals surface area contributed by atoms with E-state index in [0.717, 1.165) is 19.1 Å². The van der Waals surface area contributed by atoms with E-state index in [4.69, 9.17) is 4.74 Å². The number of hydrogen-bond donors (Lipinski definition) is 0. The number of alkyl halides is 1. The van der Waals surface area contributed by atoms with Crippen LogP contribution in [-0.2, 0) is 4.74 Å². The molecule has 1 saturated heterocycles. The fourth-order valence-corrected chi connectivity index (χ4v) is 2.20. The summed E-state index contributed by atoms with van der Waals surface area (Å²) in [5, 5.41) is 0. The van der Waals surface area contributed by atoms with Gasteiger partial charge in [0.2, 0.25) is 0 Å². The highest BCUT2D eigenvalue weighted by Gasteiger charge is 2.23. The van der Waals surface area contributed by atoms with E-state index in [1.54, 1.807) is 0 Å². The first-order valence-electron chi connectivity index (χ1n) is 5.57. The highest BCUT2D eigenvalue weighted by molar-refractivity contribution is 9.09. The Hall–Kier alpha value is 0.400. The van der Waals surface area contributed by atoms with Crippen LogP contribution in [-0.4, -0.2) is 42.1 Å². The molecule has 0 aromatic carbocycles. The van der Waals surface area contributed by atoms with Gasteiger partial charge < -0.3 is 9.64 Å². The summed E-state index contributed by atoms with van der Waals surface area (Å²) in [6, 6.07) is 0. The Bertz CT molecular complexity index is 163. The first-order chi connectivity index (χ1) is 6.59. The van der Waals surface area contributed by atoms with E-state index in [1.165, 1.54) is 19.5 Å². The molecule has 0 N–H and O–H groups in total. The molecule has 0 aromatic heterocycles. The number of rotatable bonds is 4. The molecule has 0 radical (unpaired) electrons. The quantitative estimate of drug-likeness (QED) is 0.723. The Balaban J connectivity index is 2.13. The van der Waals surface area contributed by atoms with Gasteiger partial charge >= 0.3 is 0 Å². The van der Waals surface area contributed by atoms with Gasteiger partial charge in [0.25, 0.3) is 0 Å². The number of halogens is 1. The maximum atomic E-state index is 5.55. The lowest BCUT2D eigenvalue weighted by Gasteiger charge is -2.34.